The lowest BCUT2D eigenvalue weighted by molar-refractivity contribution is -0.142. The molecule has 168 valence electrons. The van der Waals surface area contributed by atoms with Gasteiger partial charge in [0.15, 0.2) is 11.7 Å². The van der Waals surface area contributed by atoms with E-state index in [1.165, 1.54) is 28.8 Å². The number of rotatable bonds is 7. The lowest BCUT2D eigenvalue weighted by Crippen LogP contribution is -2.27. The van der Waals surface area contributed by atoms with Crippen LogP contribution < -0.4 is 10.1 Å². The number of benzene rings is 2. The number of anilines is 1. The molecule has 0 unspecified atom stereocenters. The van der Waals surface area contributed by atoms with E-state index in [1.54, 1.807) is 36.4 Å². The molecule has 0 aliphatic carbocycles. The Morgan fingerprint density at radius 3 is 2.69 bits per heavy atom. The molecule has 1 fully saturated rings. The standard InChI is InChI=1S/C21H21N3O6S2/c1-29-19(25)13-30-15-6-4-5-14(11-15)20(26)23-21-22-17-8-7-16(12-18(17)31-21)32(27,28)24-9-2-3-10-24/h4-8,11-12H,2-3,9-10,13H2,1H3,(H,22,23,26). The fraction of sp³-hybridized carbons (Fsp3) is 0.286. The van der Waals surface area contributed by atoms with Gasteiger partial charge >= 0.3 is 5.97 Å². The zero-order valence-electron chi connectivity index (χ0n) is 17.2. The number of sulfonamides is 1. The summed E-state index contributed by atoms with van der Waals surface area (Å²) in [4.78, 5) is 28.5. The summed E-state index contributed by atoms with van der Waals surface area (Å²) in [7, 11) is -2.27. The maximum absolute atomic E-state index is 12.8. The lowest BCUT2D eigenvalue weighted by atomic mass is 10.2. The van der Waals surface area contributed by atoms with Crippen molar-refractivity contribution in [1.29, 1.82) is 0 Å². The fourth-order valence-electron chi connectivity index (χ4n) is 3.29. The van der Waals surface area contributed by atoms with Gasteiger partial charge in [0.1, 0.15) is 5.75 Å². The Bertz CT molecular complexity index is 1270. The number of fused-ring (bicyclic) bond motifs is 1. The van der Waals surface area contributed by atoms with Crippen LogP contribution in [-0.4, -0.2) is 56.4 Å². The van der Waals surface area contributed by atoms with Gasteiger partial charge < -0.3 is 9.47 Å². The number of carbonyl (C=O) groups is 2. The third kappa shape index (κ3) is 4.74. The minimum atomic E-state index is -3.53. The smallest absolute Gasteiger partial charge is 0.343 e. The van der Waals surface area contributed by atoms with Crippen LogP contribution in [-0.2, 0) is 19.6 Å². The second-order valence-electron chi connectivity index (χ2n) is 7.11. The van der Waals surface area contributed by atoms with E-state index in [-0.39, 0.29) is 11.5 Å². The zero-order chi connectivity index (χ0) is 22.7. The van der Waals surface area contributed by atoms with E-state index in [9.17, 15) is 18.0 Å². The van der Waals surface area contributed by atoms with Gasteiger partial charge in [0.05, 0.1) is 22.2 Å². The molecule has 0 saturated carbocycles. The number of methoxy groups -OCH3 is 1. The second-order valence-corrected chi connectivity index (χ2v) is 10.1. The van der Waals surface area contributed by atoms with Crippen molar-refractivity contribution in [2.45, 2.75) is 17.7 Å². The Labute approximate surface area is 189 Å². The van der Waals surface area contributed by atoms with Gasteiger partial charge in [-0.15, -0.1) is 0 Å². The molecule has 0 spiro atoms. The van der Waals surface area contributed by atoms with Crippen LogP contribution in [0.5, 0.6) is 5.75 Å². The number of nitrogens with zero attached hydrogens (tertiary/aromatic N) is 2. The summed E-state index contributed by atoms with van der Waals surface area (Å²) in [5.41, 5.74) is 0.921. The SMILES string of the molecule is COC(=O)COc1cccc(C(=O)Nc2nc3ccc(S(=O)(=O)N4CCCC4)cc3s2)c1. The number of aromatic nitrogens is 1. The maximum atomic E-state index is 12.8. The Hall–Kier alpha value is -3.02. The molecule has 1 saturated heterocycles. The van der Waals surface area contributed by atoms with Crippen molar-refractivity contribution in [3.63, 3.8) is 0 Å². The molecular formula is C21H21N3O6S2. The van der Waals surface area contributed by atoms with Crippen LogP contribution in [0.25, 0.3) is 10.2 Å². The minimum Gasteiger partial charge on any atom is -0.482 e. The van der Waals surface area contributed by atoms with Crippen molar-refractivity contribution in [3.05, 3.63) is 48.0 Å². The number of thiazole rings is 1. The normalized spacial score (nSPS) is 14.4. The number of hydrogen-bond acceptors (Lipinski definition) is 8. The average Bonchev–Trinajstić information content (AvgIpc) is 3.47. The number of ether oxygens (including phenoxy) is 2. The summed E-state index contributed by atoms with van der Waals surface area (Å²) in [6.07, 6.45) is 1.74. The van der Waals surface area contributed by atoms with Crippen molar-refractivity contribution < 1.29 is 27.5 Å². The van der Waals surface area contributed by atoms with Crippen molar-refractivity contribution >= 4 is 48.6 Å². The summed E-state index contributed by atoms with van der Waals surface area (Å²) in [6, 6.07) is 11.2. The molecule has 1 aromatic heterocycles. The monoisotopic (exact) mass is 475 g/mol. The molecule has 1 aliphatic heterocycles. The van der Waals surface area contributed by atoms with Gasteiger partial charge in [0, 0.05) is 18.7 Å². The quantitative estimate of drug-likeness (QED) is 0.523. The van der Waals surface area contributed by atoms with Crippen molar-refractivity contribution in [2.75, 3.05) is 32.1 Å². The molecule has 0 radical (unpaired) electrons. The van der Waals surface area contributed by atoms with Crippen molar-refractivity contribution in [1.82, 2.24) is 9.29 Å². The summed E-state index contributed by atoms with van der Waals surface area (Å²) in [5, 5.41) is 3.07. The molecule has 2 heterocycles. The van der Waals surface area contributed by atoms with E-state index in [2.05, 4.69) is 15.0 Å². The molecule has 3 aromatic rings. The largest absolute Gasteiger partial charge is 0.482 e. The van der Waals surface area contributed by atoms with E-state index >= 15 is 0 Å². The summed E-state index contributed by atoms with van der Waals surface area (Å²) < 4.78 is 37.6. The third-order valence-corrected chi connectivity index (χ3v) is 7.79. The van der Waals surface area contributed by atoms with Gasteiger partial charge in [-0.25, -0.2) is 18.2 Å². The molecule has 1 N–H and O–H groups in total. The van der Waals surface area contributed by atoms with Crippen LogP contribution in [0.3, 0.4) is 0 Å². The predicted octanol–water partition coefficient (Wildman–Crippen LogP) is 2.88. The van der Waals surface area contributed by atoms with E-state index in [1.807, 2.05) is 0 Å². The Morgan fingerprint density at radius 2 is 1.94 bits per heavy atom. The third-order valence-electron chi connectivity index (χ3n) is 4.96. The van der Waals surface area contributed by atoms with Crippen LogP contribution in [0.4, 0.5) is 5.13 Å². The van der Waals surface area contributed by atoms with E-state index < -0.39 is 21.9 Å². The first-order chi connectivity index (χ1) is 15.4. The van der Waals surface area contributed by atoms with E-state index in [0.717, 1.165) is 12.8 Å². The number of amides is 1. The molecule has 0 bridgehead atoms. The first-order valence-electron chi connectivity index (χ1n) is 9.88. The average molecular weight is 476 g/mol. The van der Waals surface area contributed by atoms with Crippen molar-refractivity contribution in [3.8, 4) is 5.75 Å². The summed E-state index contributed by atoms with van der Waals surface area (Å²) in [6.45, 7) is 0.807. The first-order valence-corrected chi connectivity index (χ1v) is 12.1. The highest BCUT2D eigenvalue weighted by atomic mass is 32.2. The Balaban J connectivity index is 1.50. The van der Waals surface area contributed by atoms with Crippen LogP contribution in [0, 0.1) is 0 Å². The van der Waals surface area contributed by atoms with Gasteiger partial charge in [-0.1, -0.05) is 17.4 Å². The fourth-order valence-corrected chi connectivity index (χ4v) is 5.81. The number of carbonyl (C=O) groups excluding carboxylic acids is 2. The van der Waals surface area contributed by atoms with Gasteiger partial charge in [0.25, 0.3) is 5.91 Å². The van der Waals surface area contributed by atoms with Gasteiger partial charge in [-0.2, -0.15) is 4.31 Å². The number of hydrogen-bond donors (Lipinski definition) is 1. The molecule has 4 rings (SSSR count). The van der Waals surface area contributed by atoms with Gasteiger partial charge in [-0.3, -0.25) is 10.1 Å². The summed E-state index contributed by atoms with van der Waals surface area (Å²) in [5.74, 6) is -0.581. The summed E-state index contributed by atoms with van der Waals surface area (Å²) >= 11 is 1.20. The Kier molecular flexibility index (Phi) is 6.40. The minimum absolute atomic E-state index is 0.226. The van der Waals surface area contributed by atoms with Gasteiger partial charge in [-0.05, 0) is 49.2 Å². The molecule has 9 nitrogen and oxygen atoms in total. The molecule has 1 aliphatic rings. The van der Waals surface area contributed by atoms with Crippen LogP contribution in [0.15, 0.2) is 47.4 Å². The van der Waals surface area contributed by atoms with Crippen LogP contribution >= 0.6 is 11.3 Å². The van der Waals surface area contributed by atoms with E-state index in [4.69, 9.17) is 4.74 Å². The lowest BCUT2D eigenvalue weighted by Gasteiger charge is -2.15. The van der Waals surface area contributed by atoms with E-state index in [0.29, 0.717) is 39.8 Å². The second kappa shape index (κ2) is 9.23. The first kappa shape index (κ1) is 22.2. The molecule has 11 heteroatoms. The molecule has 32 heavy (non-hydrogen) atoms. The van der Waals surface area contributed by atoms with Gasteiger partial charge in [0.2, 0.25) is 10.0 Å². The molecule has 1 amide bonds. The highest BCUT2D eigenvalue weighted by Gasteiger charge is 2.27. The zero-order valence-corrected chi connectivity index (χ0v) is 18.9. The topological polar surface area (TPSA) is 115 Å². The van der Waals surface area contributed by atoms with Crippen molar-refractivity contribution in [2.24, 2.45) is 0 Å². The maximum Gasteiger partial charge on any atom is 0.343 e. The Morgan fingerprint density at radius 1 is 1.16 bits per heavy atom. The molecular weight excluding hydrogens is 454 g/mol. The molecule has 2 aromatic carbocycles. The predicted molar refractivity (Wildman–Crippen MR) is 120 cm³/mol. The van der Waals surface area contributed by atoms with Crippen LogP contribution in [0.2, 0.25) is 0 Å². The molecule has 0 atom stereocenters. The number of esters is 1. The highest BCUT2D eigenvalue weighted by molar-refractivity contribution is 7.89. The van der Waals surface area contributed by atoms with Crippen LogP contribution in [0.1, 0.15) is 23.2 Å². The number of nitrogens with one attached hydrogen (secondary N) is 1. The highest BCUT2D eigenvalue weighted by Crippen LogP contribution is 2.30.